The molecule has 9 heteroatoms. The van der Waals surface area contributed by atoms with Crippen molar-refractivity contribution in [1.29, 1.82) is 0 Å². The van der Waals surface area contributed by atoms with E-state index in [9.17, 15) is 0 Å². The molecule has 1 rings (SSSR count). The fourth-order valence-electron chi connectivity index (χ4n) is 9.88. The molecule has 26 heavy (non-hydrogen) atoms. The molecule has 1 aliphatic rings. The van der Waals surface area contributed by atoms with Gasteiger partial charge < -0.3 is 0 Å². The molecular formula is C17H51Si9-. The summed E-state index contributed by atoms with van der Waals surface area (Å²) >= 11 is 0. The highest BCUT2D eigenvalue weighted by Crippen LogP contribution is 2.55. The van der Waals surface area contributed by atoms with Crippen LogP contribution in [0.3, 0.4) is 0 Å². The molecule has 0 atom stereocenters. The molecule has 0 radical (unpaired) electrons. The van der Waals surface area contributed by atoms with Crippen LogP contribution in [0.25, 0.3) is 0 Å². The zero-order valence-corrected chi connectivity index (χ0v) is 30.5. The summed E-state index contributed by atoms with van der Waals surface area (Å²) in [7, 11) is -8.08. The Morgan fingerprint density at radius 3 is 0.846 bits per heavy atom. The van der Waals surface area contributed by atoms with E-state index < -0.39 is 57.4 Å². The van der Waals surface area contributed by atoms with Gasteiger partial charge in [0.2, 0.25) is 0 Å². The van der Waals surface area contributed by atoms with Crippen molar-refractivity contribution in [2.75, 3.05) is 0 Å². The van der Waals surface area contributed by atoms with Gasteiger partial charge in [0.05, 0.1) is 0 Å². The Balaban J connectivity index is 4.23. The molecule has 1 heterocycles. The van der Waals surface area contributed by atoms with Crippen LogP contribution in [0, 0.1) is 0 Å². The third-order valence-corrected chi connectivity index (χ3v) is 254. The van der Waals surface area contributed by atoms with E-state index in [0.717, 1.165) is 0 Å². The Hall–Kier alpha value is 1.95. The van der Waals surface area contributed by atoms with Gasteiger partial charge in [0, 0.05) is 21.3 Å². The lowest BCUT2D eigenvalue weighted by molar-refractivity contribution is 1.74. The molecule has 0 nitrogen and oxygen atoms in total. The average molecular weight is 508 g/mol. The van der Waals surface area contributed by atoms with Crippen molar-refractivity contribution < 1.29 is 0 Å². The van der Waals surface area contributed by atoms with Gasteiger partial charge in [-0.1, -0.05) is 111 Å². The van der Waals surface area contributed by atoms with E-state index in [-0.39, 0.29) is 7.35 Å². The van der Waals surface area contributed by atoms with Crippen LogP contribution < -0.4 is 0 Å². The predicted octanol–water partition coefficient (Wildman–Crippen LogP) is 6.50. The highest BCUT2D eigenvalue weighted by Gasteiger charge is 2.77. The van der Waals surface area contributed by atoms with Crippen molar-refractivity contribution in [2.24, 2.45) is 0 Å². The lowest BCUT2D eigenvalue weighted by Crippen LogP contribution is -3.09. The topological polar surface area (TPSA) is 0 Å². The van der Waals surface area contributed by atoms with Crippen molar-refractivity contribution in [3.8, 4) is 0 Å². The average Bonchev–Trinajstić information content (AvgIpc) is 2.17. The minimum atomic E-state index is -1.21. The van der Waals surface area contributed by atoms with Crippen molar-refractivity contribution in [3.63, 3.8) is 0 Å². The van der Waals surface area contributed by atoms with Gasteiger partial charge in [-0.15, -0.1) is 21.8 Å². The Kier molecular flexibility index (Phi) is 6.47. The molecule has 0 aromatic carbocycles. The fraction of sp³-hybridized carbons (Fsp3) is 1.00. The van der Waals surface area contributed by atoms with Gasteiger partial charge in [-0.3, -0.25) is 7.35 Å². The van der Waals surface area contributed by atoms with Gasteiger partial charge in [0.1, 0.15) is 0 Å². The van der Waals surface area contributed by atoms with Crippen LogP contribution in [0.2, 0.25) is 111 Å². The van der Waals surface area contributed by atoms with E-state index in [4.69, 9.17) is 0 Å². The molecule has 1 saturated heterocycles. The molecule has 0 bridgehead atoms. The van der Waals surface area contributed by atoms with Crippen molar-refractivity contribution in [3.05, 3.63) is 0 Å². The third-order valence-electron chi connectivity index (χ3n) is 9.25. The summed E-state index contributed by atoms with van der Waals surface area (Å²) in [6.07, 6.45) is -1.21. The molecule has 0 N–H and O–H groups in total. The van der Waals surface area contributed by atoms with Crippen LogP contribution in [-0.2, 0) is 0 Å². The maximum absolute atomic E-state index is 3.03. The summed E-state index contributed by atoms with van der Waals surface area (Å²) in [5.41, 5.74) is 0. The van der Waals surface area contributed by atoms with Gasteiger partial charge >= 0.3 is 0 Å². The molecule has 0 spiro atoms. The predicted molar refractivity (Wildman–Crippen MR) is 151 cm³/mol. The molecular weight excluding hydrogens is 457 g/mol. The smallest absolute Gasteiger partial charge is 0.0306 e. The summed E-state index contributed by atoms with van der Waals surface area (Å²) in [5.74, 6) is 0. The third kappa shape index (κ3) is 2.95. The molecule has 0 saturated carbocycles. The second kappa shape index (κ2) is 6.47. The Bertz CT molecular complexity index is 512. The van der Waals surface area contributed by atoms with Crippen LogP contribution in [0.4, 0.5) is 0 Å². The maximum Gasteiger partial charge on any atom is 0.0306 e. The Labute approximate surface area is 175 Å². The number of hydrogen-bond donors (Lipinski definition) is 0. The van der Waals surface area contributed by atoms with Crippen LogP contribution in [-0.4, -0.2) is 64.7 Å². The molecule has 0 aliphatic carbocycles. The second-order valence-electron chi connectivity index (χ2n) is 14.4. The molecule has 0 aromatic rings. The van der Waals surface area contributed by atoms with Gasteiger partial charge in [0.25, 0.3) is 0 Å². The first kappa shape index (κ1) is 26.0. The standard InChI is InChI=1S/C17H51Si9/c1-19(2,3)18-22(10,11)24(14,15)26(20(4,5)6,21(7,8)9)25(16,17)23(18,12)13/h1-17H3/q-1. The molecule has 0 amide bonds. The van der Waals surface area contributed by atoms with Crippen molar-refractivity contribution in [2.45, 2.75) is 111 Å². The van der Waals surface area contributed by atoms with E-state index in [0.29, 0.717) is 0 Å². The first-order valence-electron chi connectivity index (χ1n) is 10.8. The Morgan fingerprint density at radius 2 is 0.692 bits per heavy atom. The fourth-order valence-corrected chi connectivity index (χ4v) is 503. The quantitative estimate of drug-likeness (QED) is 0.382. The maximum atomic E-state index is 3.03. The summed E-state index contributed by atoms with van der Waals surface area (Å²) in [6, 6.07) is 0. The van der Waals surface area contributed by atoms with E-state index >= 15 is 0 Å². The highest BCUT2D eigenvalue weighted by atomic mass is 30.4. The van der Waals surface area contributed by atoms with Crippen LogP contribution in [0.15, 0.2) is 0 Å². The van der Waals surface area contributed by atoms with E-state index in [2.05, 4.69) is 111 Å². The van der Waals surface area contributed by atoms with Gasteiger partial charge in [-0.2, -0.15) is 0 Å². The molecule has 1 aliphatic heterocycles. The van der Waals surface area contributed by atoms with Crippen LogP contribution in [0.5, 0.6) is 0 Å². The summed E-state index contributed by atoms with van der Waals surface area (Å²) in [6.45, 7) is 49.8. The zero-order valence-electron chi connectivity index (χ0n) is 21.5. The number of rotatable bonds is 3. The molecule has 156 valence electrons. The lowest BCUT2D eigenvalue weighted by Gasteiger charge is -2.85. The van der Waals surface area contributed by atoms with E-state index in [1.807, 2.05) is 0 Å². The van der Waals surface area contributed by atoms with Crippen LogP contribution in [0.1, 0.15) is 0 Å². The summed E-state index contributed by atoms with van der Waals surface area (Å²) < 4.78 is 0. The van der Waals surface area contributed by atoms with Crippen molar-refractivity contribution >= 4 is 64.7 Å². The zero-order chi connectivity index (χ0) is 21.6. The highest BCUT2D eigenvalue weighted by molar-refractivity contribution is 8.29. The minimum absolute atomic E-state index is 0.0990. The first-order valence-corrected chi connectivity index (χ1v) is 45.8. The lowest BCUT2D eigenvalue weighted by atomic mass is 11.8. The Morgan fingerprint density at radius 1 is 0.462 bits per heavy atom. The molecule has 1 fully saturated rings. The minimum Gasteiger partial charge on any atom is -0.256 e. The van der Waals surface area contributed by atoms with Gasteiger partial charge in [0.15, 0.2) is 0 Å². The molecule has 0 aromatic heterocycles. The van der Waals surface area contributed by atoms with Gasteiger partial charge in [-0.05, 0) is 14.2 Å². The second-order valence-corrected chi connectivity index (χ2v) is 120. The summed E-state index contributed by atoms with van der Waals surface area (Å²) in [5, 5.41) is 0. The van der Waals surface area contributed by atoms with Gasteiger partial charge in [-0.25, -0.2) is 0 Å². The monoisotopic (exact) mass is 507 g/mol. The normalized spacial score (nSPS) is 28.0. The largest absolute Gasteiger partial charge is 0.256 e. The number of hydrogen-bond acceptors (Lipinski definition) is 0. The van der Waals surface area contributed by atoms with Crippen LogP contribution >= 0.6 is 0 Å². The van der Waals surface area contributed by atoms with E-state index in [1.54, 1.807) is 0 Å². The van der Waals surface area contributed by atoms with Crippen molar-refractivity contribution in [1.82, 2.24) is 0 Å². The molecule has 0 unspecified atom stereocenters. The first-order chi connectivity index (χ1) is 10.9. The SMILES string of the molecule is C[Si](C)(C)[Si-]1[Si](C)(C)[Si](C)(C)[Si]([Si](C)(C)C)([Si](C)(C)C)[Si](C)(C)[Si]1(C)C. The summed E-state index contributed by atoms with van der Waals surface area (Å²) in [4.78, 5) is 0. The van der Waals surface area contributed by atoms with E-state index in [1.165, 1.54) is 0 Å².